The summed E-state index contributed by atoms with van der Waals surface area (Å²) in [4.78, 5) is 32.5. The van der Waals surface area contributed by atoms with Gasteiger partial charge < -0.3 is 20.3 Å². The van der Waals surface area contributed by atoms with Gasteiger partial charge in [0.05, 0.1) is 0 Å². The average molecular weight is 598 g/mol. The number of nitrogens with one attached hydrogen (secondary N) is 2. The minimum Gasteiger partial charge on any atom is -0.454 e. The van der Waals surface area contributed by atoms with Crippen molar-refractivity contribution >= 4 is 29.7 Å². The molecule has 3 heterocycles. The van der Waals surface area contributed by atoms with Crippen LogP contribution in [-0.2, 0) is 0 Å². The number of anilines is 2. The van der Waals surface area contributed by atoms with Gasteiger partial charge in [0.25, 0.3) is 11.5 Å². The number of pyridine rings is 2. The van der Waals surface area contributed by atoms with E-state index in [0.717, 1.165) is 49.1 Å². The van der Waals surface area contributed by atoms with Crippen LogP contribution < -0.4 is 25.8 Å². The molecule has 8 nitrogen and oxygen atoms in total. The summed E-state index contributed by atoms with van der Waals surface area (Å²) < 4.78 is 22.5. The minimum absolute atomic E-state index is 0. The Bertz CT molecular complexity index is 1770. The van der Waals surface area contributed by atoms with Crippen molar-refractivity contribution in [3.05, 3.63) is 131 Å². The number of carbonyl (C=O) groups is 1. The van der Waals surface area contributed by atoms with Crippen LogP contribution in [0.25, 0.3) is 16.8 Å². The molecule has 1 aliphatic rings. The van der Waals surface area contributed by atoms with Crippen LogP contribution in [0.2, 0.25) is 0 Å². The molecular formula is C33H29ClFN5O3. The van der Waals surface area contributed by atoms with Crippen LogP contribution in [0.3, 0.4) is 0 Å². The van der Waals surface area contributed by atoms with Crippen LogP contribution in [0.15, 0.2) is 114 Å². The van der Waals surface area contributed by atoms with E-state index >= 15 is 4.39 Å². The second kappa shape index (κ2) is 13.3. The number of rotatable bonds is 7. The lowest BCUT2D eigenvalue weighted by atomic mass is 10.1. The van der Waals surface area contributed by atoms with Crippen LogP contribution >= 0.6 is 12.4 Å². The topological polar surface area (TPSA) is 88.5 Å². The lowest BCUT2D eigenvalue weighted by Gasteiger charge is -2.29. The van der Waals surface area contributed by atoms with E-state index in [1.807, 2.05) is 18.2 Å². The molecule has 1 fully saturated rings. The maximum absolute atomic E-state index is 15.2. The van der Waals surface area contributed by atoms with Gasteiger partial charge in [-0.1, -0.05) is 30.3 Å². The predicted molar refractivity (Wildman–Crippen MR) is 168 cm³/mol. The molecule has 6 rings (SSSR count). The molecule has 2 aromatic heterocycles. The number of ether oxygens (including phenoxy) is 1. The molecular weight excluding hydrogens is 569 g/mol. The molecule has 1 saturated heterocycles. The largest absolute Gasteiger partial charge is 0.454 e. The molecule has 1 amide bonds. The molecule has 3 aromatic carbocycles. The van der Waals surface area contributed by atoms with Gasteiger partial charge >= 0.3 is 0 Å². The summed E-state index contributed by atoms with van der Waals surface area (Å²) in [6, 6.07) is 26.0. The van der Waals surface area contributed by atoms with Crippen molar-refractivity contribution in [1.29, 1.82) is 0 Å². The molecule has 0 atom stereocenters. The fourth-order valence-electron chi connectivity index (χ4n) is 4.90. The third-order valence-electron chi connectivity index (χ3n) is 7.08. The monoisotopic (exact) mass is 597 g/mol. The zero-order valence-corrected chi connectivity index (χ0v) is 23.9. The average Bonchev–Trinajstić information content (AvgIpc) is 3.03. The van der Waals surface area contributed by atoms with E-state index in [2.05, 4.69) is 32.7 Å². The molecule has 5 aromatic rings. The second-order valence-corrected chi connectivity index (χ2v) is 9.79. The molecule has 0 spiro atoms. The number of halogens is 2. The third-order valence-corrected chi connectivity index (χ3v) is 7.08. The number of piperazine rings is 1. The summed E-state index contributed by atoms with van der Waals surface area (Å²) in [6.07, 6.45) is 4.86. The van der Waals surface area contributed by atoms with Gasteiger partial charge in [-0.15, -0.1) is 12.4 Å². The van der Waals surface area contributed by atoms with Gasteiger partial charge in [0.2, 0.25) is 0 Å². The molecule has 0 bridgehead atoms. The molecule has 218 valence electrons. The van der Waals surface area contributed by atoms with E-state index in [-0.39, 0.29) is 29.4 Å². The van der Waals surface area contributed by atoms with Gasteiger partial charge in [-0.05, 0) is 60.2 Å². The Balaban J connectivity index is 0.00000368. The number of aromatic nitrogens is 2. The van der Waals surface area contributed by atoms with E-state index < -0.39 is 17.3 Å². The standard InChI is InChI=1S/C33H28FN5O3.ClH/c34-29-21-24(37-32(40)27-7-4-18-39(33(27)41)26-5-2-1-3-6-26)10-13-31(29)42-30-14-15-36-22-28(30)23-8-11-25(12-9-23)38-19-16-35-17-20-38;/h1-15,18,21-22,35H,16-17,19-20H2,(H,37,40);1H. The lowest BCUT2D eigenvalue weighted by molar-refractivity contribution is 0.102. The Hall–Kier alpha value is -4.99. The number of amides is 1. The Morgan fingerprint density at radius 1 is 0.884 bits per heavy atom. The summed E-state index contributed by atoms with van der Waals surface area (Å²) in [6.45, 7) is 3.81. The highest BCUT2D eigenvalue weighted by molar-refractivity contribution is 6.04. The Kier molecular flexibility index (Phi) is 9.14. The summed E-state index contributed by atoms with van der Waals surface area (Å²) in [7, 11) is 0. The van der Waals surface area contributed by atoms with Crippen molar-refractivity contribution in [3.8, 4) is 28.3 Å². The minimum atomic E-state index is -0.667. The van der Waals surface area contributed by atoms with Gasteiger partial charge in [0, 0.05) is 73.5 Å². The maximum Gasteiger partial charge on any atom is 0.267 e. The molecule has 0 radical (unpaired) electrons. The number of para-hydroxylation sites is 1. The van der Waals surface area contributed by atoms with Crippen molar-refractivity contribution in [2.45, 2.75) is 0 Å². The normalized spacial score (nSPS) is 12.7. The van der Waals surface area contributed by atoms with E-state index in [1.54, 1.807) is 55.0 Å². The second-order valence-electron chi connectivity index (χ2n) is 9.79. The first-order valence-corrected chi connectivity index (χ1v) is 13.6. The van der Waals surface area contributed by atoms with Gasteiger partial charge in [-0.25, -0.2) is 4.39 Å². The molecule has 0 aliphatic carbocycles. The van der Waals surface area contributed by atoms with Crippen LogP contribution in [0, 0.1) is 5.82 Å². The zero-order valence-electron chi connectivity index (χ0n) is 23.1. The molecule has 43 heavy (non-hydrogen) atoms. The number of nitrogens with zero attached hydrogens (tertiary/aromatic N) is 3. The van der Waals surface area contributed by atoms with Crippen molar-refractivity contribution < 1.29 is 13.9 Å². The molecule has 1 aliphatic heterocycles. The molecule has 0 saturated carbocycles. The molecule has 2 N–H and O–H groups in total. The number of carbonyl (C=O) groups excluding carboxylic acids is 1. The Morgan fingerprint density at radius 2 is 1.65 bits per heavy atom. The SMILES string of the molecule is Cl.O=C(Nc1ccc(Oc2ccncc2-c2ccc(N3CCNCC3)cc2)c(F)c1)c1cccn(-c2ccccc2)c1=O. The highest BCUT2D eigenvalue weighted by Crippen LogP contribution is 2.35. The zero-order chi connectivity index (χ0) is 28.9. The summed E-state index contributed by atoms with van der Waals surface area (Å²) >= 11 is 0. The van der Waals surface area contributed by atoms with Gasteiger partial charge in [0.15, 0.2) is 11.6 Å². The van der Waals surface area contributed by atoms with E-state index in [4.69, 9.17) is 4.74 Å². The fourth-order valence-corrected chi connectivity index (χ4v) is 4.90. The highest BCUT2D eigenvalue weighted by Gasteiger charge is 2.16. The highest BCUT2D eigenvalue weighted by atomic mass is 35.5. The van der Waals surface area contributed by atoms with E-state index in [9.17, 15) is 9.59 Å². The van der Waals surface area contributed by atoms with Gasteiger partial charge in [-0.3, -0.25) is 19.1 Å². The number of hydrogen-bond acceptors (Lipinski definition) is 6. The van der Waals surface area contributed by atoms with Crippen LogP contribution in [0.1, 0.15) is 10.4 Å². The smallest absolute Gasteiger partial charge is 0.267 e. The van der Waals surface area contributed by atoms with E-state index in [1.165, 1.54) is 22.8 Å². The van der Waals surface area contributed by atoms with Gasteiger partial charge in [-0.2, -0.15) is 0 Å². The fraction of sp³-hybridized carbons (Fsp3) is 0.121. The van der Waals surface area contributed by atoms with Crippen molar-refractivity contribution in [3.63, 3.8) is 0 Å². The lowest BCUT2D eigenvalue weighted by Crippen LogP contribution is -2.43. The third kappa shape index (κ3) is 6.58. The summed E-state index contributed by atoms with van der Waals surface area (Å²) in [5.41, 5.74) is 3.04. The quantitative estimate of drug-likeness (QED) is 0.242. The van der Waals surface area contributed by atoms with Crippen LogP contribution in [0.4, 0.5) is 15.8 Å². The summed E-state index contributed by atoms with van der Waals surface area (Å²) in [5.74, 6) is -0.871. The number of hydrogen-bond donors (Lipinski definition) is 2. The molecule has 10 heteroatoms. The Labute approximate surface area is 254 Å². The number of benzene rings is 3. The van der Waals surface area contributed by atoms with E-state index in [0.29, 0.717) is 11.4 Å². The van der Waals surface area contributed by atoms with Crippen molar-refractivity contribution in [2.75, 3.05) is 36.4 Å². The van der Waals surface area contributed by atoms with Gasteiger partial charge in [0.1, 0.15) is 11.3 Å². The van der Waals surface area contributed by atoms with Crippen LogP contribution in [-0.4, -0.2) is 41.6 Å². The Morgan fingerprint density at radius 3 is 2.40 bits per heavy atom. The molecule has 0 unspecified atom stereocenters. The predicted octanol–water partition coefficient (Wildman–Crippen LogP) is 5.91. The first-order chi connectivity index (χ1) is 20.6. The van der Waals surface area contributed by atoms with Crippen LogP contribution in [0.5, 0.6) is 11.5 Å². The van der Waals surface area contributed by atoms with Crippen molar-refractivity contribution in [2.24, 2.45) is 0 Å². The summed E-state index contributed by atoms with van der Waals surface area (Å²) in [5, 5.41) is 5.97. The first-order valence-electron chi connectivity index (χ1n) is 13.6. The van der Waals surface area contributed by atoms with Crippen molar-refractivity contribution in [1.82, 2.24) is 14.9 Å². The maximum atomic E-state index is 15.2. The first kappa shape index (κ1) is 29.5.